The first kappa shape index (κ1) is 17.2. The number of benzene rings is 3. The van der Waals surface area contributed by atoms with E-state index in [1.807, 2.05) is 55.5 Å². The zero-order valence-electron chi connectivity index (χ0n) is 14.6. The van der Waals surface area contributed by atoms with E-state index in [0.29, 0.717) is 33.1 Å². The van der Waals surface area contributed by atoms with Gasteiger partial charge in [-0.25, -0.2) is 9.97 Å². The Labute approximate surface area is 161 Å². The van der Waals surface area contributed by atoms with Crippen molar-refractivity contribution in [1.82, 2.24) is 9.97 Å². The lowest BCUT2D eigenvalue weighted by Crippen LogP contribution is -2.14. The fraction of sp³-hybridized carbons (Fsp3) is 0.0455. The molecule has 4 aromatic rings. The zero-order valence-corrected chi connectivity index (χ0v) is 15.4. The minimum Gasteiger partial charge on any atom is -0.306 e. The number of aryl methyl sites for hydroxylation is 1. The van der Waals surface area contributed by atoms with Gasteiger partial charge in [-0.05, 0) is 37.3 Å². The summed E-state index contributed by atoms with van der Waals surface area (Å²) in [6, 6.07) is 22.3. The summed E-state index contributed by atoms with van der Waals surface area (Å²) >= 11 is 6.15. The Kier molecular flexibility index (Phi) is 4.57. The lowest BCUT2D eigenvalue weighted by atomic mass is 10.1. The van der Waals surface area contributed by atoms with Crippen molar-refractivity contribution in [3.05, 3.63) is 88.9 Å². The Morgan fingerprint density at radius 2 is 1.67 bits per heavy atom. The smallest absolute Gasteiger partial charge is 0.256 e. The molecule has 4 rings (SSSR count). The number of hydrogen-bond donors (Lipinski definition) is 1. The fourth-order valence-electron chi connectivity index (χ4n) is 2.80. The van der Waals surface area contributed by atoms with E-state index in [0.717, 1.165) is 11.1 Å². The van der Waals surface area contributed by atoms with Gasteiger partial charge in [0.1, 0.15) is 5.82 Å². The van der Waals surface area contributed by atoms with Crippen molar-refractivity contribution in [2.45, 2.75) is 6.92 Å². The zero-order chi connectivity index (χ0) is 18.8. The lowest BCUT2D eigenvalue weighted by molar-refractivity contribution is 0.102. The highest BCUT2D eigenvalue weighted by Crippen LogP contribution is 2.28. The molecule has 0 spiro atoms. The van der Waals surface area contributed by atoms with Crippen molar-refractivity contribution >= 4 is 34.2 Å². The van der Waals surface area contributed by atoms with Gasteiger partial charge >= 0.3 is 0 Å². The number of nitrogens with zero attached hydrogens (tertiary/aromatic N) is 2. The molecule has 4 nitrogen and oxygen atoms in total. The van der Waals surface area contributed by atoms with E-state index in [1.165, 1.54) is 0 Å². The molecule has 27 heavy (non-hydrogen) atoms. The number of carbonyl (C=O) groups is 1. The second-order valence-corrected chi connectivity index (χ2v) is 6.68. The molecule has 3 aromatic carbocycles. The Hall–Kier alpha value is -3.24. The standard InChI is InChI=1S/C22H16ClN3O/c1-14-7-9-15(10-8-14)20-24-19-12-11-17(23)13-18(19)21(25-20)26-22(27)16-5-3-2-4-6-16/h2-13H,1H3,(H,24,25,26,27). The Bertz CT molecular complexity index is 1130. The number of halogens is 1. The average molecular weight is 374 g/mol. The van der Waals surface area contributed by atoms with Crippen molar-refractivity contribution in [2.24, 2.45) is 0 Å². The molecular formula is C22H16ClN3O. The van der Waals surface area contributed by atoms with Gasteiger partial charge in [-0.3, -0.25) is 4.79 Å². The van der Waals surface area contributed by atoms with Crippen LogP contribution < -0.4 is 5.32 Å². The van der Waals surface area contributed by atoms with E-state index in [1.54, 1.807) is 24.3 Å². The molecular weight excluding hydrogens is 358 g/mol. The van der Waals surface area contributed by atoms with Gasteiger partial charge < -0.3 is 5.32 Å². The first-order valence-corrected chi connectivity index (χ1v) is 8.89. The van der Waals surface area contributed by atoms with E-state index >= 15 is 0 Å². The number of rotatable bonds is 3. The minimum absolute atomic E-state index is 0.231. The van der Waals surface area contributed by atoms with E-state index < -0.39 is 0 Å². The molecule has 0 radical (unpaired) electrons. The molecule has 0 saturated carbocycles. The van der Waals surface area contributed by atoms with Crippen LogP contribution in [0.15, 0.2) is 72.8 Å². The van der Waals surface area contributed by atoms with Crippen LogP contribution in [0, 0.1) is 6.92 Å². The van der Waals surface area contributed by atoms with Crippen molar-refractivity contribution in [3.63, 3.8) is 0 Å². The molecule has 1 N–H and O–H groups in total. The molecule has 0 aliphatic heterocycles. The second kappa shape index (κ2) is 7.17. The van der Waals surface area contributed by atoms with Crippen LogP contribution >= 0.6 is 11.6 Å². The Morgan fingerprint density at radius 1 is 0.926 bits per heavy atom. The van der Waals surface area contributed by atoms with Crippen molar-refractivity contribution in [3.8, 4) is 11.4 Å². The molecule has 0 bridgehead atoms. The Morgan fingerprint density at radius 3 is 2.41 bits per heavy atom. The molecule has 0 unspecified atom stereocenters. The number of fused-ring (bicyclic) bond motifs is 1. The normalized spacial score (nSPS) is 10.7. The van der Waals surface area contributed by atoms with Crippen molar-refractivity contribution in [1.29, 1.82) is 0 Å². The molecule has 0 fully saturated rings. The highest BCUT2D eigenvalue weighted by Gasteiger charge is 2.13. The first-order chi connectivity index (χ1) is 13.1. The number of hydrogen-bond acceptors (Lipinski definition) is 3. The van der Waals surface area contributed by atoms with Crippen molar-refractivity contribution < 1.29 is 4.79 Å². The number of anilines is 1. The third-order valence-electron chi connectivity index (χ3n) is 4.24. The molecule has 132 valence electrons. The molecule has 0 saturated heterocycles. The topological polar surface area (TPSA) is 54.9 Å². The summed E-state index contributed by atoms with van der Waals surface area (Å²) in [5.74, 6) is 0.755. The summed E-state index contributed by atoms with van der Waals surface area (Å²) in [6.07, 6.45) is 0. The van der Waals surface area contributed by atoms with Crippen LogP contribution in [0.4, 0.5) is 5.82 Å². The molecule has 0 aliphatic carbocycles. The first-order valence-electron chi connectivity index (χ1n) is 8.51. The minimum atomic E-state index is -0.231. The summed E-state index contributed by atoms with van der Waals surface area (Å²) in [6.45, 7) is 2.03. The molecule has 1 aromatic heterocycles. The van der Waals surface area contributed by atoms with Crippen molar-refractivity contribution in [2.75, 3.05) is 5.32 Å². The molecule has 0 atom stereocenters. The highest BCUT2D eigenvalue weighted by atomic mass is 35.5. The molecule has 1 heterocycles. The SMILES string of the molecule is Cc1ccc(-c2nc(NC(=O)c3ccccc3)c3cc(Cl)ccc3n2)cc1. The largest absolute Gasteiger partial charge is 0.306 e. The van der Waals surface area contributed by atoms with Gasteiger partial charge in [0, 0.05) is 21.5 Å². The van der Waals surface area contributed by atoms with Gasteiger partial charge in [0.05, 0.1) is 5.52 Å². The van der Waals surface area contributed by atoms with Gasteiger partial charge in [-0.15, -0.1) is 0 Å². The maximum Gasteiger partial charge on any atom is 0.256 e. The van der Waals surface area contributed by atoms with Gasteiger partial charge in [0.2, 0.25) is 0 Å². The fourth-order valence-corrected chi connectivity index (χ4v) is 2.97. The number of carbonyl (C=O) groups excluding carboxylic acids is 1. The van der Waals surface area contributed by atoms with Gasteiger partial charge in [0.15, 0.2) is 5.82 Å². The predicted octanol–water partition coefficient (Wildman–Crippen LogP) is 5.51. The second-order valence-electron chi connectivity index (χ2n) is 6.24. The summed E-state index contributed by atoms with van der Waals surface area (Å²) < 4.78 is 0. The van der Waals surface area contributed by atoms with Gasteiger partial charge in [0.25, 0.3) is 5.91 Å². The van der Waals surface area contributed by atoms with Crippen LogP contribution in [-0.2, 0) is 0 Å². The van der Waals surface area contributed by atoms with E-state index in [-0.39, 0.29) is 5.91 Å². The molecule has 1 amide bonds. The quantitative estimate of drug-likeness (QED) is 0.515. The summed E-state index contributed by atoms with van der Waals surface area (Å²) in [7, 11) is 0. The summed E-state index contributed by atoms with van der Waals surface area (Å²) in [4.78, 5) is 21.9. The van der Waals surface area contributed by atoms with Crippen LogP contribution in [0.1, 0.15) is 15.9 Å². The van der Waals surface area contributed by atoms with Gasteiger partial charge in [-0.1, -0.05) is 59.6 Å². The molecule has 0 aliphatic rings. The lowest BCUT2D eigenvalue weighted by Gasteiger charge is -2.11. The molecule has 5 heteroatoms. The van der Waals surface area contributed by atoms with Crippen LogP contribution in [0.3, 0.4) is 0 Å². The van der Waals surface area contributed by atoms with Crippen LogP contribution in [0.25, 0.3) is 22.3 Å². The monoisotopic (exact) mass is 373 g/mol. The number of nitrogens with one attached hydrogen (secondary N) is 1. The third kappa shape index (κ3) is 3.66. The van der Waals surface area contributed by atoms with Crippen LogP contribution in [0.2, 0.25) is 5.02 Å². The predicted molar refractivity (Wildman–Crippen MR) is 109 cm³/mol. The highest BCUT2D eigenvalue weighted by molar-refractivity contribution is 6.31. The third-order valence-corrected chi connectivity index (χ3v) is 4.47. The van der Waals surface area contributed by atoms with Gasteiger partial charge in [-0.2, -0.15) is 0 Å². The summed E-state index contributed by atoms with van der Waals surface area (Å²) in [5, 5.41) is 4.16. The maximum absolute atomic E-state index is 12.6. The van der Waals surface area contributed by atoms with E-state index in [9.17, 15) is 4.79 Å². The Balaban J connectivity index is 1.82. The van der Waals surface area contributed by atoms with Crippen LogP contribution in [-0.4, -0.2) is 15.9 Å². The summed E-state index contributed by atoms with van der Waals surface area (Å²) in [5.41, 5.74) is 3.31. The maximum atomic E-state index is 12.6. The van der Waals surface area contributed by atoms with E-state index in [4.69, 9.17) is 11.6 Å². The number of aromatic nitrogens is 2. The number of amides is 1. The average Bonchev–Trinajstić information content (AvgIpc) is 2.69. The van der Waals surface area contributed by atoms with Crippen LogP contribution in [0.5, 0.6) is 0 Å². The van der Waals surface area contributed by atoms with E-state index in [2.05, 4.69) is 15.3 Å².